The number of rotatable bonds is 4. The number of aryl methyl sites for hydroxylation is 2. The number of allylic oxidation sites excluding steroid dienone is 3. The molecule has 128 valence electrons. The molecule has 1 fully saturated rings. The number of benzene rings is 2. The van der Waals surface area contributed by atoms with Gasteiger partial charge in [-0.3, -0.25) is 0 Å². The summed E-state index contributed by atoms with van der Waals surface area (Å²) in [5.41, 5.74) is 5.89. The second kappa shape index (κ2) is 7.31. The standard InChI is InChI=1S/C24H27N/c1-19-9-5-8-14-23(19)25-18-17-21-12-6-7-13-22(21)24(25)16-15-20-10-3-2-4-11-20/h2-11,13-14,21,24H,12,15-18H2,1H3. The summed E-state index contributed by atoms with van der Waals surface area (Å²) in [4.78, 5) is 2.67. The van der Waals surface area contributed by atoms with E-state index in [1.807, 2.05) is 0 Å². The van der Waals surface area contributed by atoms with E-state index in [2.05, 4.69) is 84.6 Å². The number of fused-ring (bicyclic) bond motifs is 1. The minimum atomic E-state index is 0.519. The zero-order valence-electron chi connectivity index (χ0n) is 15.1. The molecule has 25 heavy (non-hydrogen) atoms. The molecule has 2 aromatic rings. The van der Waals surface area contributed by atoms with E-state index in [1.165, 1.54) is 42.6 Å². The van der Waals surface area contributed by atoms with Crippen LogP contribution in [-0.4, -0.2) is 12.6 Å². The minimum absolute atomic E-state index is 0.519. The maximum atomic E-state index is 2.67. The first-order valence-corrected chi connectivity index (χ1v) is 9.56. The smallest absolute Gasteiger partial charge is 0.0511 e. The van der Waals surface area contributed by atoms with Crippen LogP contribution in [0.5, 0.6) is 0 Å². The Labute approximate surface area is 151 Å². The van der Waals surface area contributed by atoms with Gasteiger partial charge in [-0.25, -0.2) is 0 Å². The second-order valence-electron chi connectivity index (χ2n) is 7.34. The predicted octanol–water partition coefficient (Wildman–Crippen LogP) is 5.71. The number of anilines is 1. The van der Waals surface area contributed by atoms with Gasteiger partial charge in [-0.1, -0.05) is 66.8 Å². The van der Waals surface area contributed by atoms with Crippen LogP contribution in [0, 0.1) is 12.8 Å². The molecule has 0 saturated carbocycles. The lowest BCUT2D eigenvalue weighted by atomic mass is 9.78. The highest BCUT2D eigenvalue weighted by Gasteiger charge is 2.33. The molecule has 2 aromatic carbocycles. The average molecular weight is 329 g/mol. The van der Waals surface area contributed by atoms with Crippen molar-refractivity contribution in [3.05, 3.63) is 89.5 Å². The zero-order chi connectivity index (χ0) is 17.1. The zero-order valence-corrected chi connectivity index (χ0v) is 15.1. The van der Waals surface area contributed by atoms with Gasteiger partial charge in [0.2, 0.25) is 0 Å². The van der Waals surface area contributed by atoms with Crippen LogP contribution in [0.4, 0.5) is 5.69 Å². The summed E-state index contributed by atoms with van der Waals surface area (Å²) in [5.74, 6) is 0.742. The first kappa shape index (κ1) is 16.2. The van der Waals surface area contributed by atoms with Crippen LogP contribution in [0.1, 0.15) is 30.4 Å². The van der Waals surface area contributed by atoms with Gasteiger partial charge in [-0.15, -0.1) is 0 Å². The van der Waals surface area contributed by atoms with Gasteiger partial charge in [-0.05, 0) is 61.3 Å². The van der Waals surface area contributed by atoms with Crippen LogP contribution in [0.3, 0.4) is 0 Å². The Morgan fingerprint density at radius 3 is 2.64 bits per heavy atom. The topological polar surface area (TPSA) is 3.24 Å². The van der Waals surface area contributed by atoms with Crippen LogP contribution in [0.2, 0.25) is 0 Å². The Hall–Kier alpha value is -2.28. The summed E-state index contributed by atoms with van der Waals surface area (Å²) in [6.45, 7) is 3.41. The van der Waals surface area contributed by atoms with Crippen molar-refractivity contribution in [2.75, 3.05) is 11.4 Å². The summed E-state index contributed by atoms with van der Waals surface area (Å²) in [6.07, 6.45) is 11.8. The summed E-state index contributed by atoms with van der Waals surface area (Å²) >= 11 is 0. The maximum absolute atomic E-state index is 2.67. The number of hydrogen-bond acceptors (Lipinski definition) is 1. The number of para-hydroxylation sites is 1. The number of piperidine rings is 1. The van der Waals surface area contributed by atoms with Gasteiger partial charge in [0, 0.05) is 12.2 Å². The van der Waals surface area contributed by atoms with Crippen molar-refractivity contribution in [2.45, 2.75) is 38.6 Å². The van der Waals surface area contributed by atoms with Crippen molar-refractivity contribution >= 4 is 5.69 Å². The molecule has 0 amide bonds. The van der Waals surface area contributed by atoms with Crippen LogP contribution < -0.4 is 4.90 Å². The van der Waals surface area contributed by atoms with E-state index in [0.29, 0.717) is 6.04 Å². The third kappa shape index (κ3) is 3.42. The highest BCUT2D eigenvalue weighted by molar-refractivity contribution is 5.56. The molecule has 0 aromatic heterocycles. The molecule has 1 heteroatoms. The van der Waals surface area contributed by atoms with E-state index in [9.17, 15) is 0 Å². The first-order valence-electron chi connectivity index (χ1n) is 9.56. The molecule has 1 saturated heterocycles. The SMILES string of the molecule is Cc1ccccc1N1CCC2CC=CC=C2C1CCc1ccccc1. The van der Waals surface area contributed by atoms with E-state index in [0.717, 1.165) is 12.3 Å². The quantitative estimate of drug-likeness (QED) is 0.694. The molecular weight excluding hydrogens is 302 g/mol. The maximum Gasteiger partial charge on any atom is 0.0511 e. The first-order chi connectivity index (χ1) is 12.3. The third-order valence-corrected chi connectivity index (χ3v) is 5.77. The monoisotopic (exact) mass is 329 g/mol. The molecule has 1 nitrogen and oxygen atoms in total. The largest absolute Gasteiger partial charge is 0.365 e. The van der Waals surface area contributed by atoms with Crippen molar-refractivity contribution in [2.24, 2.45) is 5.92 Å². The molecule has 2 aliphatic rings. The normalized spacial score (nSPS) is 22.4. The highest BCUT2D eigenvalue weighted by Crippen LogP contribution is 2.38. The van der Waals surface area contributed by atoms with Gasteiger partial charge in [0.1, 0.15) is 0 Å². The number of nitrogens with zero attached hydrogens (tertiary/aromatic N) is 1. The van der Waals surface area contributed by atoms with Crippen molar-refractivity contribution in [1.29, 1.82) is 0 Å². The Morgan fingerprint density at radius 2 is 1.80 bits per heavy atom. The van der Waals surface area contributed by atoms with Crippen molar-refractivity contribution in [1.82, 2.24) is 0 Å². The fourth-order valence-electron chi connectivity index (χ4n) is 4.44. The van der Waals surface area contributed by atoms with Crippen molar-refractivity contribution < 1.29 is 0 Å². The van der Waals surface area contributed by atoms with Gasteiger partial charge in [0.25, 0.3) is 0 Å². The fraction of sp³-hybridized carbons (Fsp3) is 0.333. The Morgan fingerprint density at radius 1 is 1.00 bits per heavy atom. The van der Waals surface area contributed by atoms with Gasteiger partial charge < -0.3 is 4.90 Å². The van der Waals surface area contributed by atoms with E-state index in [1.54, 1.807) is 5.57 Å². The molecule has 2 unspecified atom stereocenters. The van der Waals surface area contributed by atoms with Crippen LogP contribution in [0.15, 0.2) is 78.4 Å². The summed E-state index contributed by atoms with van der Waals surface area (Å²) < 4.78 is 0. The lowest BCUT2D eigenvalue weighted by Gasteiger charge is -2.44. The summed E-state index contributed by atoms with van der Waals surface area (Å²) in [5, 5.41) is 0. The Bertz CT molecular complexity index is 772. The molecule has 0 N–H and O–H groups in total. The third-order valence-electron chi connectivity index (χ3n) is 5.77. The summed E-state index contributed by atoms with van der Waals surface area (Å²) in [6, 6.07) is 20.3. The molecule has 2 atom stereocenters. The van der Waals surface area contributed by atoms with E-state index in [4.69, 9.17) is 0 Å². The highest BCUT2D eigenvalue weighted by atomic mass is 15.2. The van der Waals surface area contributed by atoms with Crippen molar-refractivity contribution in [3.63, 3.8) is 0 Å². The van der Waals surface area contributed by atoms with Crippen LogP contribution in [-0.2, 0) is 6.42 Å². The van der Waals surface area contributed by atoms with Crippen LogP contribution in [0.25, 0.3) is 0 Å². The van der Waals surface area contributed by atoms with Gasteiger partial charge in [0.05, 0.1) is 6.04 Å². The molecule has 0 spiro atoms. The van der Waals surface area contributed by atoms with Crippen molar-refractivity contribution in [3.8, 4) is 0 Å². The van der Waals surface area contributed by atoms with E-state index >= 15 is 0 Å². The van der Waals surface area contributed by atoms with Gasteiger partial charge in [0.15, 0.2) is 0 Å². The molecule has 1 aliphatic heterocycles. The van der Waals surface area contributed by atoms with Gasteiger partial charge >= 0.3 is 0 Å². The number of hydrogen-bond donors (Lipinski definition) is 0. The average Bonchev–Trinajstić information content (AvgIpc) is 2.67. The van der Waals surface area contributed by atoms with E-state index < -0.39 is 0 Å². The molecular formula is C24H27N. The minimum Gasteiger partial charge on any atom is -0.365 e. The Balaban J connectivity index is 1.63. The lowest BCUT2D eigenvalue weighted by Crippen LogP contribution is -2.45. The predicted molar refractivity (Wildman–Crippen MR) is 107 cm³/mol. The second-order valence-corrected chi connectivity index (χ2v) is 7.34. The Kier molecular flexibility index (Phi) is 4.74. The molecule has 0 radical (unpaired) electrons. The van der Waals surface area contributed by atoms with E-state index in [-0.39, 0.29) is 0 Å². The van der Waals surface area contributed by atoms with Gasteiger partial charge in [-0.2, -0.15) is 0 Å². The molecule has 1 heterocycles. The molecule has 4 rings (SSSR count). The molecule has 1 aliphatic carbocycles. The van der Waals surface area contributed by atoms with Crippen LogP contribution >= 0.6 is 0 Å². The molecule has 0 bridgehead atoms. The lowest BCUT2D eigenvalue weighted by molar-refractivity contribution is 0.427. The summed E-state index contributed by atoms with van der Waals surface area (Å²) in [7, 11) is 0. The fourth-order valence-corrected chi connectivity index (χ4v) is 4.44.